The van der Waals surface area contributed by atoms with Crippen molar-refractivity contribution in [3.8, 4) is 0 Å². The molecule has 4 rings (SSSR count). The third-order valence-electron chi connectivity index (χ3n) is 6.54. The summed E-state index contributed by atoms with van der Waals surface area (Å²) in [5, 5.41) is 10.6. The van der Waals surface area contributed by atoms with Gasteiger partial charge in [-0.05, 0) is 50.5 Å². The van der Waals surface area contributed by atoms with Crippen molar-refractivity contribution in [2.24, 2.45) is 23.7 Å². The normalized spacial score (nSPS) is 53.8. The van der Waals surface area contributed by atoms with Crippen molar-refractivity contribution < 1.29 is 9.90 Å². The lowest BCUT2D eigenvalue weighted by Gasteiger charge is -2.66. The van der Waals surface area contributed by atoms with Crippen molar-refractivity contribution >= 4 is 5.78 Å². The average molecular weight is 263 g/mol. The van der Waals surface area contributed by atoms with Crippen LogP contribution in [0.2, 0.25) is 0 Å². The summed E-state index contributed by atoms with van der Waals surface area (Å²) in [5.74, 6) is 2.26. The second-order valence-corrected chi connectivity index (χ2v) is 7.53. The molecule has 2 heterocycles. The van der Waals surface area contributed by atoms with Crippen LogP contribution in [0, 0.1) is 23.7 Å². The number of rotatable bonds is 0. The molecule has 0 amide bonds. The first-order valence-corrected chi connectivity index (χ1v) is 8.09. The summed E-state index contributed by atoms with van der Waals surface area (Å²) in [6.07, 6.45) is 6.02. The largest absolute Gasteiger partial charge is 0.393 e. The molecular weight excluding hydrogens is 238 g/mol. The van der Waals surface area contributed by atoms with Gasteiger partial charge in [0.25, 0.3) is 0 Å². The molecule has 19 heavy (non-hydrogen) atoms. The Morgan fingerprint density at radius 2 is 2.16 bits per heavy atom. The zero-order valence-electron chi connectivity index (χ0n) is 11.8. The van der Waals surface area contributed by atoms with Gasteiger partial charge in [0.2, 0.25) is 0 Å². The third-order valence-corrected chi connectivity index (χ3v) is 6.54. The van der Waals surface area contributed by atoms with Gasteiger partial charge < -0.3 is 5.11 Å². The molecule has 2 aliphatic heterocycles. The lowest BCUT2D eigenvalue weighted by molar-refractivity contribution is -0.196. The van der Waals surface area contributed by atoms with E-state index >= 15 is 0 Å². The van der Waals surface area contributed by atoms with E-state index in [1.54, 1.807) is 0 Å². The lowest BCUT2D eigenvalue weighted by Crippen LogP contribution is -2.74. The zero-order valence-corrected chi connectivity index (χ0v) is 11.8. The number of nitrogens with zero attached hydrogens (tertiary/aromatic N) is 1. The van der Waals surface area contributed by atoms with Gasteiger partial charge in [0.1, 0.15) is 5.78 Å². The number of aliphatic hydroxyl groups excluding tert-OH is 1. The molecule has 0 aromatic carbocycles. The highest BCUT2D eigenvalue weighted by Gasteiger charge is 2.64. The monoisotopic (exact) mass is 263 g/mol. The molecule has 1 spiro atoms. The maximum Gasteiger partial charge on any atom is 0.138 e. The first-order valence-electron chi connectivity index (χ1n) is 8.09. The number of carbonyl (C=O) groups is 1. The molecule has 106 valence electrons. The fourth-order valence-electron chi connectivity index (χ4n) is 6.21. The van der Waals surface area contributed by atoms with Gasteiger partial charge in [-0.25, -0.2) is 0 Å². The van der Waals surface area contributed by atoms with Gasteiger partial charge in [-0.3, -0.25) is 9.69 Å². The smallest absolute Gasteiger partial charge is 0.138 e. The highest BCUT2D eigenvalue weighted by atomic mass is 16.3. The number of aliphatic hydroxyl groups is 1. The molecule has 6 atom stereocenters. The van der Waals surface area contributed by atoms with Gasteiger partial charge in [0.05, 0.1) is 6.10 Å². The Kier molecular flexibility index (Phi) is 2.63. The second kappa shape index (κ2) is 4.05. The minimum Gasteiger partial charge on any atom is -0.393 e. The van der Waals surface area contributed by atoms with Crippen molar-refractivity contribution in [2.45, 2.75) is 57.1 Å². The van der Waals surface area contributed by atoms with E-state index in [-0.39, 0.29) is 17.6 Å². The predicted molar refractivity (Wildman–Crippen MR) is 72.7 cm³/mol. The van der Waals surface area contributed by atoms with E-state index in [0.717, 1.165) is 45.2 Å². The van der Waals surface area contributed by atoms with E-state index in [4.69, 9.17) is 0 Å². The molecule has 2 aliphatic carbocycles. The van der Waals surface area contributed by atoms with E-state index < -0.39 is 0 Å². The molecule has 3 nitrogen and oxygen atoms in total. The summed E-state index contributed by atoms with van der Waals surface area (Å²) in [6, 6.07) is 0. The molecule has 2 saturated heterocycles. The van der Waals surface area contributed by atoms with Gasteiger partial charge >= 0.3 is 0 Å². The van der Waals surface area contributed by atoms with Crippen LogP contribution in [0.5, 0.6) is 0 Å². The van der Waals surface area contributed by atoms with E-state index in [2.05, 4.69) is 11.8 Å². The fourth-order valence-corrected chi connectivity index (χ4v) is 6.21. The third kappa shape index (κ3) is 1.49. The SMILES string of the molecule is CC1C[C@H]2CC(=O)[C@H]3CCCN4CC[C@H](O)[C@H]2[C@]34C1. The highest BCUT2D eigenvalue weighted by molar-refractivity contribution is 5.84. The quantitative estimate of drug-likeness (QED) is 0.725. The lowest BCUT2D eigenvalue weighted by atomic mass is 9.48. The van der Waals surface area contributed by atoms with Crippen LogP contribution >= 0.6 is 0 Å². The standard InChI is InChI=1S/C16H25NO2/c1-10-7-11-8-14(19)12-3-2-5-17-6-4-13(18)15(11)16(12,17)9-10/h10-13,15,18H,2-9H2,1H3/t10?,11-,12+,13-,15-,16-/m0/s1. The van der Waals surface area contributed by atoms with Crippen molar-refractivity contribution in [1.29, 1.82) is 0 Å². The molecule has 4 fully saturated rings. The molecule has 1 unspecified atom stereocenters. The Balaban J connectivity index is 1.84. The molecule has 3 heteroatoms. The first kappa shape index (κ1) is 12.3. The minimum atomic E-state index is -0.164. The first-order chi connectivity index (χ1) is 9.13. The number of Topliss-reactive ketones (excluding diaryl/α,β-unsaturated/α-hetero) is 1. The fraction of sp³-hybridized carbons (Fsp3) is 0.938. The van der Waals surface area contributed by atoms with Crippen LogP contribution in [-0.2, 0) is 4.79 Å². The summed E-state index contributed by atoms with van der Waals surface area (Å²) in [7, 11) is 0. The van der Waals surface area contributed by atoms with E-state index in [9.17, 15) is 9.90 Å². The van der Waals surface area contributed by atoms with Crippen molar-refractivity contribution in [2.75, 3.05) is 13.1 Å². The Hall–Kier alpha value is -0.410. The summed E-state index contributed by atoms with van der Waals surface area (Å²) in [6.45, 7) is 4.49. The Labute approximate surface area is 115 Å². The van der Waals surface area contributed by atoms with Crippen molar-refractivity contribution in [3.63, 3.8) is 0 Å². The summed E-state index contributed by atoms with van der Waals surface area (Å²) < 4.78 is 0. The summed E-state index contributed by atoms with van der Waals surface area (Å²) >= 11 is 0. The number of piperidine rings is 2. The molecule has 0 aromatic heterocycles. The predicted octanol–water partition coefficient (Wildman–Crippen LogP) is 1.84. The maximum absolute atomic E-state index is 12.6. The average Bonchev–Trinajstić information content (AvgIpc) is 2.35. The molecule has 0 aromatic rings. The Morgan fingerprint density at radius 3 is 3.00 bits per heavy atom. The summed E-state index contributed by atoms with van der Waals surface area (Å²) in [5.41, 5.74) is 0.0353. The molecule has 2 saturated carbocycles. The van der Waals surface area contributed by atoms with Crippen LogP contribution in [0.1, 0.15) is 45.4 Å². The van der Waals surface area contributed by atoms with Crippen LogP contribution < -0.4 is 0 Å². The van der Waals surface area contributed by atoms with Crippen LogP contribution in [0.15, 0.2) is 0 Å². The number of ketones is 1. The Bertz CT molecular complexity index is 410. The van der Waals surface area contributed by atoms with E-state index in [1.165, 1.54) is 6.42 Å². The van der Waals surface area contributed by atoms with E-state index in [1.807, 2.05) is 0 Å². The molecular formula is C16H25NO2. The van der Waals surface area contributed by atoms with Crippen molar-refractivity contribution in [3.05, 3.63) is 0 Å². The van der Waals surface area contributed by atoms with Crippen LogP contribution in [-0.4, -0.2) is 40.5 Å². The van der Waals surface area contributed by atoms with Crippen molar-refractivity contribution in [1.82, 2.24) is 4.90 Å². The maximum atomic E-state index is 12.6. The van der Waals surface area contributed by atoms with Gasteiger partial charge in [-0.2, -0.15) is 0 Å². The number of hydrogen-bond acceptors (Lipinski definition) is 3. The molecule has 4 aliphatic rings. The minimum absolute atomic E-state index is 0.0353. The van der Waals surface area contributed by atoms with Gasteiger partial charge in [-0.15, -0.1) is 0 Å². The summed E-state index contributed by atoms with van der Waals surface area (Å²) in [4.78, 5) is 15.2. The molecule has 1 N–H and O–H groups in total. The van der Waals surface area contributed by atoms with Crippen LogP contribution in [0.25, 0.3) is 0 Å². The number of carbonyl (C=O) groups excluding carboxylic acids is 1. The van der Waals surface area contributed by atoms with Gasteiger partial charge in [0.15, 0.2) is 0 Å². The number of hydrogen-bond donors (Lipinski definition) is 1. The van der Waals surface area contributed by atoms with Crippen LogP contribution in [0.4, 0.5) is 0 Å². The van der Waals surface area contributed by atoms with Gasteiger partial charge in [-0.1, -0.05) is 6.92 Å². The topological polar surface area (TPSA) is 40.5 Å². The Morgan fingerprint density at radius 1 is 1.32 bits per heavy atom. The van der Waals surface area contributed by atoms with Crippen LogP contribution in [0.3, 0.4) is 0 Å². The highest BCUT2D eigenvalue weighted by Crippen LogP contribution is 2.59. The molecule has 2 bridgehead atoms. The van der Waals surface area contributed by atoms with E-state index in [0.29, 0.717) is 23.5 Å². The molecule has 0 radical (unpaired) electrons. The second-order valence-electron chi connectivity index (χ2n) is 7.53. The van der Waals surface area contributed by atoms with Gasteiger partial charge in [0, 0.05) is 30.3 Å². The zero-order chi connectivity index (χ0) is 13.2.